The number of hydrogen-bond acceptors (Lipinski definition) is 2. The normalized spacial score (nSPS) is 17.2. The summed E-state index contributed by atoms with van der Waals surface area (Å²) in [5.41, 5.74) is 0.253. The minimum absolute atomic E-state index is 0.0174. The van der Waals surface area contributed by atoms with Crippen LogP contribution in [0, 0.1) is 11.3 Å². The Hall–Kier alpha value is -0.570. The Bertz CT molecular complexity index is 185. The minimum Gasteiger partial charge on any atom is -0.375 e. The van der Waals surface area contributed by atoms with Crippen molar-refractivity contribution in [1.82, 2.24) is 5.32 Å². The first-order chi connectivity index (χ1) is 6.06. The third kappa shape index (κ3) is 3.35. The average Bonchev–Trinajstić information content (AvgIpc) is 2.84. The molecule has 0 heterocycles. The lowest BCUT2D eigenvalue weighted by Crippen LogP contribution is -2.36. The molecule has 13 heavy (non-hydrogen) atoms. The molecule has 1 rings (SSSR count). The zero-order valence-corrected chi connectivity index (χ0v) is 8.72. The van der Waals surface area contributed by atoms with E-state index in [4.69, 9.17) is 4.74 Å². The number of carbonyl (C=O) groups is 1. The van der Waals surface area contributed by atoms with Crippen molar-refractivity contribution in [3.05, 3.63) is 0 Å². The van der Waals surface area contributed by atoms with E-state index in [1.165, 1.54) is 20.0 Å². The van der Waals surface area contributed by atoms with Gasteiger partial charge in [-0.05, 0) is 24.2 Å². The number of nitrogens with one attached hydrogen (secondary N) is 1. The van der Waals surface area contributed by atoms with Crippen LogP contribution < -0.4 is 5.32 Å². The molecule has 1 aliphatic carbocycles. The van der Waals surface area contributed by atoms with Gasteiger partial charge in [0.1, 0.15) is 6.61 Å². The number of carbonyl (C=O) groups excluding carboxylic acids is 1. The van der Waals surface area contributed by atoms with Crippen LogP contribution in [0.5, 0.6) is 0 Å². The maximum atomic E-state index is 11.1. The fourth-order valence-corrected chi connectivity index (χ4v) is 1.52. The van der Waals surface area contributed by atoms with E-state index < -0.39 is 0 Å². The zero-order valence-electron chi connectivity index (χ0n) is 8.72. The summed E-state index contributed by atoms with van der Waals surface area (Å²) in [5, 5.41) is 2.88. The lowest BCUT2D eigenvalue weighted by Gasteiger charge is -2.24. The molecule has 3 heteroatoms. The molecule has 0 aromatic rings. The van der Waals surface area contributed by atoms with Crippen LogP contribution in [0.3, 0.4) is 0 Å². The molecule has 0 unspecified atom stereocenters. The third-order valence-corrected chi connectivity index (χ3v) is 2.70. The van der Waals surface area contributed by atoms with Gasteiger partial charge in [-0.1, -0.05) is 13.8 Å². The van der Waals surface area contributed by atoms with Gasteiger partial charge in [0.05, 0.1) is 0 Å². The fourth-order valence-electron chi connectivity index (χ4n) is 1.52. The Kier molecular flexibility index (Phi) is 3.31. The summed E-state index contributed by atoms with van der Waals surface area (Å²) in [6.45, 7) is 5.34. The van der Waals surface area contributed by atoms with Crippen molar-refractivity contribution >= 4 is 5.91 Å². The molecule has 1 amide bonds. The van der Waals surface area contributed by atoms with Crippen LogP contribution in [0.4, 0.5) is 0 Å². The van der Waals surface area contributed by atoms with E-state index in [0.29, 0.717) is 0 Å². The Labute approximate surface area is 79.8 Å². The van der Waals surface area contributed by atoms with Gasteiger partial charge in [-0.25, -0.2) is 0 Å². The third-order valence-electron chi connectivity index (χ3n) is 2.70. The van der Waals surface area contributed by atoms with Gasteiger partial charge in [-0.3, -0.25) is 4.79 Å². The molecule has 1 fully saturated rings. The van der Waals surface area contributed by atoms with Crippen molar-refractivity contribution in [1.29, 1.82) is 0 Å². The van der Waals surface area contributed by atoms with Gasteiger partial charge in [0.15, 0.2) is 0 Å². The summed E-state index contributed by atoms with van der Waals surface area (Å²) in [7, 11) is 1.53. The largest absolute Gasteiger partial charge is 0.375 e. The first-order valence-electron chi connectivity index (χ1n) is 4.82. The lowest BCUT2D eigenvalue weighted by molar-refractivity contribution is -0.125. The van der Waals surface area contributed by atoms with E-state index in [1.54, 1.807) is 0 Å². The first-order valence-corrected chi connectivity index (χ1v) is 4.82. The molecule has 1 N–H and O–H groups in total. The van der Waals surface area contributed by atoms with Gasteiger partial charge in [0.2, 0.25) is 5.91 Å². The Morgan fingerprint density at radius 1 is 1.54 bits per heavy atom. The maximum Gasteiger partial charge on any atom is 0.246 e. The van der Waals surface area contributed by atoms with E-state index in [1.807, 2.05) is 0 Å². The summed E-state index contributed by atoms with van der Waals surface area (Å²) >= 11 is 0. The van der Waals surface area contributed by atoms with E-state index in [-0.39, 0.29) is 17.9 Å². The second-order valence-electron chi connectivity index (χ2n) is 4.47. The summed E-state index contributed by atoms with van der Waals surface area (Å²) in [4.78, 5) is 11.1. The molecule has 0 aliphatic heterocycles. The average molecular weight is 185 g/mol. The van der Waals surface area contributed by atoms with Gasteiger partial charge in [0, 0.05) is 13.7 Å². The predicted octanol–water partition coefficient (Wildman–Crippen LogP) is 1.19. The number of methoxy groups -OCH3 is 1. The summed E-state index contributed by atoms with van der Waals surface area (Å²) in [6, 6.07) is 0. The van der Waals surface area contributed by atoms with Crippen LogP contribution in [0.25, 0.3) is 0 Å². The summed E-state index contributed by atoms with van der Waals surface area (Å²) < 4.78 is 4.73. The minimum atomic E-state index is -0.0174. The van der Waals surface area contributed by atoms with Crippen LogP contribution in [-0.4, -0.2) is 26.2 Å². The molecule has 76 valence electrons. The molecule has 3 nitrogen and oxygen atoms in total. The molecule has 0 saturated heterocycles. The highest BCUT2D eigenvalue weighted by atomic mass is 16.5. The maximum absolute atomic E-state index is 11.1. The number of ether oxygens (including phenoxy) is 1. The smallest absolute Gasteiger partial charge is 0.246 e. The second kappa shape index (κ2) is 4.09. The first kappa shape index (κ1) is 10.5. The SMILES string of the molecule is COCC(=O)NCC(C)(C)C1CC1. The molecule has 0 bridgehead atoms. The van der Waals surface area contributed by atoms with E-state index in [0.717, 1.165) is 12.5 Å². The predicted molar refractivity (Wildman–Crippen MR) is 51.4 cm³/mol. The topological polar surface area (TPSA) is 38.3 Å². The van der Waals surface area contributed by atoms with Crippen molar-refractivity contribution in [2.24, 2.45) is 11.3 Å². The van der Waals surface area contributed by atoms with Crippen molar-refractivity contribution < 1.29 is 9.53 Å². The summed E-state index contributed by atoms with van der Waals surface area (Å²) in [5.74, 6) is 0.784. The number of amides is 1. The van der Waals surface area contributed by atoms with Crippen LogP contribution in [0.1, 0.15) is 26.7 Å². The standard InChI is InChI=1S/C10H19NO2/c1-10(2,8-4-5-8)7-11-9(12)6-13-3/h8H,4-7H2,1-3H3,(H,11,12). The molecule has 0 spiro atoms. The molecular formula is C10H19NO2. The second-order valence-corrected chi connectivity index (χ2v) is 4.47. The van der Waals surface area contributed by atoms with Crippen molar-refractivity contribution in [3.63, 3.8) is 0 Å². The highest BCUT2D eigenvalue weighted by Gasteiger charge is 2.37. The Morgan fingerprint density at radius 2 is 2.15 bits per heavy atom. The number of rotatable bonds is 5. The van der Waals surface area contributed by atoms with Crippen molar-refractivity contribution in [2.75, 3.05) is 20.3 Å². The van der Waals surface area contributed by atoms with E-state index >= 15 is 0 Å². The van der Waals surface area contributed by atoms with Crippen LogP contribution >= 0.6 is 0 Å². The highest BCUT2D eigenvalue weighted by molar-refractivity contribution is 5.77. The molecule has 1 aliphatic rings. The fraction of sp³-hybridized carbons (Fsp3) is 0.900. The highest BCUT2D eigenvalue weighted by Crippen LogP contribution is 2.44. The van der Waals surface area contributed by atoms with E-state index in [2.05, 4.69) is 19.2 Å². The van der Waals surface area contributed by atoms with Crippen LogP contribution in [0.2, 0.25) is 0 Å². The zero-order chi connectivity index (χ0) is 9.90. The van der Waals surface area contributed by atoms with Gasteiger partial charge < -0.3 is 10.1 Å². The Morgan fingerprint density at radius 3 is 2.62 bits per heavy atom. The Balaban J connectivity index is 2.20. The monoisotopic (exact) mass is 185 g/mol. The van der Waals surface area contributed by atoms with Crippen LogP contribution in [-0.2, 0) is 9.53 Å². The quantitative estimate of drug-likeness (QED) is 0.698. The molecule has 1 saturated carbocycles. The number of hydrogen-bond donors (Lipinski definition) is 1. The van der Waals surface area contributed by atoms with Crippen LogP contribution in [0.15, 0.2) is 0 Å². The van der Waals surface area contributed by atoms with Gasteiger partial charge in [-0.15, -0.1) is 0 Å². The molecular weight excluding hydrogens is 166 g/mol. The van der Waals surface area contributed by atoms with Crippen molar-refractivity contribution in [2.45, 2.75) is 26.7 Å². The molecule has 0 aromatic heterocycles. The molecule has 0 aromatic carbocycles. The van der Waals surface area contributed by atoms with E-state index in [9.17, 15) is 4.79 Å². The molecule has 0 atom stereocenters. The molecule has 0 radical (unpaired) electrons. The lowest BCUT2D eigenvalue weighted by atomic mass is 9.87. The summed E-state index contributed by atoms with van der Waals surface area (Å²) in [6.07, 6.45) is 2.63. The van der Waals surface area contributed by atoms with Crippen molar-refractivity contribution in [3.8, 4) is 0 Å². The van der Waals surface area contributed by atoms with Gasteiger partial charge >= 0.3 is 0 Å². The van der Waals surface area contributed by atoms with Gasteiger partial charge in [0.25, 0.3) is 0 Å². The van der Waals surface area contributed by atoms with Gasteiger partial charge in [-0.2, -0.15) is 0 Å².